The third-order valence-electron chi connectivity index (χ3n) is 4.39. The number of fused-ring (bicyclic) bond motifs is 1. The van der Waals surface area contributed by atoms with Gasteiger partial charge in [0.05, 0.1) is 11.7 Å². The second kappa shape index (κ2) is 8.15. The summed E-state index contributed by atoms with van der Waals surface area (Å²) in [6.07, 6.45) is 1.23. The number of alkyl carbamates (subject to hydrolysis) is 1. The number of benzene rings is 1. The van der Waals surface area contributed by atoms with Gasteiger partial charge in [0, 0.05) is 12.5 Å². The van der Waals surface area contributed by atoms with Crippen molar-refractivity contribution in [3.63, 3.8) is 0 Å². The number of nitrogens with zero attached hydrogens (tertiary/aromatic N) is 1. The number of rotatable bonds is 6. The smallest absolute Gasteiger partial charge is 0.409 e. The fourth-order valence-electron chi connectivity index (χ4n) is 2.88. The number of nitrogens with two attached hydrogens (primary N) is 1. The SMILES string of the molecule is CCCCNC(=O)O[C@H]1[C@H](C)c2ccccc2N1C(=O)[C@@H](N)CC. The summed E-state index contributed by atoms with van der Waals surface area (Å²) in [4.78, 5) is 26.3. The number of anilines is 1. The Morgan fingerprint density at radius 3 is 2.71 bits per heavy atom. The van der Waals surface area contributed by atoms with Gasteiger partial charge in [-0.25, -0.2) is 4.79 Å². The number of carbonyl (C=O) groups excluding carboxylic acids is 2. The fourth-order valence-corrected chi connectivity index (χ4v) is 2.88. The van der Waals surface area contributed by atoms with E-state index in [1.54, 1.807) is 0 Å². The molecule has 0 aromatic heterocycles. The Hall–Kier alpha value is -2.08. The van der Waals surface area contributed by atoms with Crippen molar-refractivity contribution in [3.8, 4) is 0 Å². The van der Waals surface area contributed by atoms with Crippen LogP contribution in [0.4, 0.5) is 10.5 Å². The van der Waals surface area contributed by atoms with Crippen LogP contribution < -0.4 is 16.0 Å². The first kappa shape index (κ1) is 18.3. The molecule has 2 amide bonds. The largest absolute Gasteiger partial charge is 0.424 e. The summed E-state index contributed by atoms with van der Waals surface area (Å²) in [6.45, 7) is 6.43. The summed E-state index contributed by atoms with van der Waals surface area (Å²) in [7, 11) is 0. The molecule has 0 radical (unpaired) electrons. The van der Waals surface area contributed by atoms with Gasteiger partial charge in [-0.15, -0.1) is 0 Å². The summed E-state index contributed by atoms with van der Waals surface area (Å²) in [5.74, 6) is -0.327. The molecule has 0 bridgehead atoms. The first-order valence-corrected chi connectivity index (χ1v) is 8.63. The standard InChI is InChI=1S/C18H27N3O3/c1-4-6-11-20-18(23)24-17-12(3)13-9-7-8-10-15(13)21(17)16(22)14(19)5-2/h7-10,12,14,17H,4-6,11,19H2,1-3H3,(H,20,23)/t12-,14+,17+/m1/s1. The molecule has 3 atom stereocenters. The molecule has 1 aromatic rings. The minimum Gasteiger partial charge on any atom is -0.424 e. The zero-order valence-electron chi connectivity index (χ0n) is 14.6. The molecule has 1 aliphatic heterocycles. The molecular weight excluding hydrogens is 306 g/mol. The lowest BCUT2D eigenvalue weighted by Crippen LogP contribution is -2.50. The van der Waals surface area contributed by atoms with Crippen LogP contribution in [0.15, 0.2) is 24.3 Å². The highest BCUT2D eigenvalue weighted by atomic mass is 16.6. The molecule has 0 saturated heterocycles. The van der Waals surface area contributed by atoms with E-state index >= 15 is 0 Å². The van der Waals surface area contributed by atoms with Crippen molar-refractivity contribution in [3.05, 3.63) is 29.8 Å². The monoisotopic (exact) mass is 333 g/mol. The van der Waals surface area contributed by atoms with Crippen LogP contribution in [0, 0.1) is 0 Å². The van der Waals surface area contributed by atoms with Crippen molar-refractivity contribution in [2.24, 2.45) is 5.73 Å². The van der Waals surface area contributed by atoms with E-state index in [1.165, 1.54) is 4.90 Å². The Morgan fingerprint density at radius 2 is 2.04 bits per heavy atom. The van der Waals surface area contributed by atoms with Gasteiger partial charge in [0.15, 0.2) is 6.23 Å². The highest BCUT2D eigenvalue weighted by molar-refractivity contribution is 5.99. The van der Waals surface area contributed by atoms with Crippen LogP contribution in [0.1, 0.15) is 51.5 Å². The van der Waals surface area contributed by atoms with Crippen LogP contribution >= 0.6 is 0 Å². The van der Waals surface area contributed by atoms with Gasteiger partial charge < -0.3 is 15.8 Å². The van der Waals surface area contributed by atoms with Gasteiger partial charge in [-0.3, -0.25) is 9.69 Å². The van der Waals surface area contributed by atoms with E-state index in [4.69, 9.17) is 10.5 Å². The molecule has 6 heteroatoms. The minimum absolute atomic E-state index is 0.105. The van der Waals surface area contributed by atoms with Crippen LogP contribution in [-0.2, 0) is 9.53 Å². The van der Waals surface area contributed by atoms with Gasteiger partial charge in [0.1, 0.15) is 0 Å². The molecular formula is C18H27N3O3. The predicted octanol–water partition coefficient (Wildman–Crippen LogP) is 2.73. The number of para-hydroxylation sites is 1. The van der Waals surface area contributed by atoms with E-state index in [0.717, 1.165) is 24.1 Å². The van der Waals surface area contributed by atoms with Crippen LogP contribution in [0.5, 0.6) is 0 Å². The molecule has 24 heavy (non-hydrogen) atoms. The lowest BCUT2D eigenvalue weighted by atomic mass is 10.0. The Bertz CT molecular complexity index is 591. The van der Waals surface area contributed by atoms with Gasteiger partial charge in [0.25, 0.3) is 0 Å². The maximum Gasteiger partial charge on any atom is 0.409 e. The Balaban J connectivity index is 2.21. The first-order valence-electron chi connectivity index (χ1n) is 8.63. The number of carbonyl (C=O) groups is 2. The summed E-state index contributed by atoms with van der Waals surface area (Å²) in [5.41, 5.74) is 7.70. The van der Waals surface area contributed by atoms with Crippen LogP contribution in [0.3, 0.4) is 0 Å². The van der Waals surface area contributed by atoms with Crippen molar-refractivity contribution < 1.29 is 14.3 Å². The maximum atomic E-state index is 12.7. The van der Waals surface area contributed by atoms with Crippen molar-refractivity contribution in [2.75, 3.05) is 11.4 Å². The van der Waals surface area contributed by atoms with Crippen molar-refractivity contribution in [2.45, 2.75) is 58.2 Å². The number of ether oxygens (including phenoxy) is 1. The van der Waals surface area contributed by atoms with Crippen LogP contribution in [0.25, 0.3) is 0 Å². The second-order valence-corrected chi connectivity index (χ2v) is 6.15. The summed E-state index contributed by atoms with van der Waals surface area (Å²) < 4.78 is 5.58. The molecule has 2 rings (SSSR count). The van der Waals surface area contributed by atoms with E-state index in [1.807, 2.05) is 38.1 Å². The normalized spacial score (nSPS) is 20.4. The number of unbranched alkanes of at least 4 members (excludes halogenated alkanes) is 1. The van der Waals surface area contributed by atoms with Crippen LogP contribution in [-0.4, -0.2) is 30.8 Å². The first-order chi connectivity index (χ1) is 11.5. The third kappa shape index (κ3) is 3.70. The summed E-state index contributed by atoms with van der Waals surface area (Å²) >= 11 is 0. The van der Waals surface area contributed by atoms with Gasteiger partial charge >= 0.3 is 6.09 Å². The molecule has 3 N–H and O–H groups in total. The average molecular weight is 333 g/mol. The van der Waals surface area contributed by atoms with Gasteiger partial charge in [-0.2, -0.15) is 0 Å². The molecule has 1 aliphatic rings. The lowest BCUT2D eigenvalue weighted by Gasteiger charge is -2.29. The summed E-state index contributed by atoms with van der Waals surface area (Å²) in [5, 5.41) is 2.73. The topological polar surface area (TPSA) is 84.7 Å². The predicted molar refractivity (Wildman–Crippen MR) is 93.8 cm³/mol. The van der Waals surface area contributed by atoms with E-state index in [2.05, 4.69) is 12.2 Å². The van der Waals surface area contributed by atoms with Crippen LogP contribution in [0.2, 0.25) is 0 Å². The van der Waals surface area contributed by atoms with Crippen molar-refractivity contribution in [1.29, 1.82) is 0 Å². The average Bonchev–Trinajstić information content (AvgIpc) is 2.86. The van der Waals surface area contributed by atoms with Gasteiger partial charge in [-0.05, 0) is 24.5 Å². The molecule has 0 unspecified atom stereocenters. The zero-order chi connectivity index (χ0) is 17.7. The highest BCUT2D eigenvalue weighted by Crippen LogP contribution is 2.41. The highest BCUT2D eigenvalue weighted by Gasteiger charge is 2.42. The Morgan fingerprint density at radius 1 is 1.33 bits per heavy atom. The number of nitrogens with one attached hydrogen (secondary N) is 1. The zero-order valence-corrected chi connectivity index (χ0v) is 14.6. The van der Waals surface area contributed by atoms with E-state index < -0.39 is 18.4 Å². The quantitative estimate of drug-likeness (QED) is 0.784. The number of amides is 2. The minimum atomic E-state index is -0.672. The van der Waals surface area contributed by atoms with E-state index in [-0.39, 0.29) is 11.8 Å². The lowest BCUT2D eigenvalue weighted by molar-refractivity contribution is -0.121. The molecule has 0 fully saturated rings. The second-order valence-electron chi connectivity index (χ2n) is 6.15. The molecule has 0 spiro atoms. The summed E-state index contributed by atoms with van der Waals surface area (Å²) in [6, 6.07) is 6.99. The Labute approximate surface area is 143 Å². The molecule has 6 nitrogen and oxygen atoms in total. The molecule has 0 aliphatic carbocycles. The van der Waals surface area contributed by atoms with E-state index in [0.29, 0.717) is 13.0 Å². The van der Waals surface area contributed by atoms with Crippen molar-refractivity contribution in [1.82, 2.24) is 5.32 Å². The number of hydrogen-bond donors (Lipinski definition) is 2. The Kier molecular flexibility index (Phi) is 6.20. The third-order valence-corrected chi connectivity index (χ3v) is 4.39. The molecule has 1 aromatic carbocycles. The maximum absolute atomic E-state index is 12.7. The fraction of sp³-hybridized carbons (Fsp3) is 0.556. The van der Waals surface area contributed by atoms with Gasteiger partial charge in [-0.1, -0.05) is 45.4 Å². The number of hydrogen-bond acceptors (Lipinski definition) is 4. The van der Waals surface area contributed by atoms with E-state index in [9.17, 15) is 9.59 Å². The van der Waals surface area contributed by atoms with Gasteiger partial charge in [0.2, 0.25) is 5.91 Å². The van der Waals surface area contributed by atoms with Crippen molar-refractivity contribution >= 4 is 17.7 Å². The molecule has 0 saturated carbocycles. The molecule has 132 valence electrons. The molecule has 1 heterocycles.